The average Bonchev–Trinajstić information content (AvgIpc) is 3.12. The lowest BCUT2D eigenvalue weighted by Gasteiger charge is -2.28. The molecular formula is C22H14ClF5N4O3. The van der Waals surface area contributed by atoms with Crippen molar-refractivity contribution < 1.29 is 36.3 Å². The minimum atomic E-state index is -4.91. The number of Topliss-reactive ketones (excluding diaryl/α,β-unsaturated/α-hetero) is 1. The number of halogens is 6. The number of alkyl halides is 3. The molecule has 0 aliphatic carbocycles. The Hall–Kier alpha value is -3.80. The molecule has 2 heterocycles. The zero-order valence-electron chi connectivity index (χ0n) is 17.6. The van der Waals surface area contributed by atoms with Gasteiger partial charge in [-0.25, -0.2) is 13.8 Å². The molecule has 1 atom stereocenters. The maximum Gasteiger partial charge on any atom is 0.416 e. The smallest absolute Gasteiger partial charge is 0.342 e. The number of imidazole rings is 1. The van der Waals surface area contributed by atoms with Crippen molar-refractivity contribution in [2.24, 2.45) is 0 Å². The van der Waals surface area contributed by atoms with Crippen molar-refractivity contribution in [2.45, 2.75) is 25.7 Å². The van der Waals surface area contributed by atoms with Crippen LogP contribution < -0.4 is 10.6 Å². The van der Waals surface area contributed by atoms with E-state index in [1.165, 1.54) is 10.6 Å². The van der Waals surface area contributed by atoms with Crippen LogP contribution in [-0.4, -0.2) is 27.1 Å². The maximum atomic E-state index is 14.0. The lowest BCUT2D eigenvalue weighted by Crippen LogP contribution is -2.40. The summed E-state index contributed by atoms with van der Waals surface area (Å²) in [6.45, 7) is 0.773. The molecular weight excluding hydrogens is 499 g/mol. The maximum absolute atomic E-state index is 14.0. The van der Waals surface area contributed by atoms with Gasteiger partial charge in [0.25, 0.3) is 5.91 Å². The van der Waals surface area contributed by atoms with Gasteiger partial charge in [-0.2, -0.15) is 13.2 Å². The molecule has 1 aliphatic heterocycles. The van der Waals surface area contributed by atoms with Gasteiger partial charge in [-0.15, -0.1) is 0 Å². The molecule has 0 saturated carbocycles. The van der Waals surface area contributed by atoms with Crippen LogP contribution in [0.15, 0.2) is 36.4 Å². The first-order chi connectivity index (χ1) is 16.3. The van der Waals surface area contributed by atoms with Gasteiger partial charge in [0.2, 0.25) is 5.91 Å². The van der Waals surface area contributed by atoms with E-state index in [-0.39, 0.29) is 40.5 Å². The van der Waals surface area contributed by atoms with E-state index in [4.69, 9.17) is 11.6 Å². The molecule has 35 heavy (non-hydrogen) atoms. The standard InChI is InChI=1S/C22H14ClF5N4O3/c1-9(33)20-30-19(31-21(35)10-4-11(22(26,27)28)6-13(25)5-10)18-17(29-16(34)8-32(18)20)14-7-12(24)2-3-15(14)23/h2-7,17H,8H2,1H3,(H,29,34)(H,31,35). The van der Waals surface area contributed by atoms with Crippen molar-refractivity contribution in [3.05, 3.63) is 81.3 Å². The van der Waals surface area contributed by atoms with E-state index >= 15 is 0 Å². The molecule has 3 aromatic rings. The number of anilines is 1. The van der Waals surface area contributed by atoms with Crippen molar-refractivity contribution in [1.82, 2.24) is 14.9 Å². The topological polar surface area (TPSA) is 93.1 Å². The monoisotopic (exact) mass is 512 g/mol. The molecule has 2 N–H and O–H groups in total. The molecule has 13 heteroatoms. The third-order valence-electron chi connectivity index (χ3n) is 5.19. The Labute approximate surface area is 198 Å². The van der Waals surface area contributed by atoms with Crippen LogP contribution in [0.2, 0.25) is 5.02 Å². The second-order valence-corrected chi connectivity index (χ2v) is 8.07. The van der Waals surface area contributed by atoms with Crippen LogP contribution in [0.3, 0.4) is 0 Å². The number of rotatable bonds is 4. The number of carbonyl (C=O) groups is 3. The average molecular weight is 513 g/mol. The molecule has 2 aromatic carbocycles. The van der Waals surface area contributed by atoms with Crippen LogP contribution >= 0.6 is 11.6 Å². The summed E-state index contributed by atoms with van der Waals surface area (Å²) in [6, 6.07) is 3.48. The first-order valence-electron chi connectivity index (χ1n) is 9.90. The molecule has 182 valence electrons. The molecule has 0 bridgehead atoms. The first kappa shape index (κ1) is 24.3. The van der Waals surface area contributed by atoms with Gasteiger partial charge in [0.15, 0.2) is 17.4 Å². The van der Waals surface area contributed by atoms with Crippen LogP contribution in [0.25, 0.3) is 0 Å². The second kappa shape index (κ2) is 8.77. The fourth-order valence-electron chi connectivity index (χ4n) is 3.72. The Morgan fingerprint density at radius 1 is 1.14 bits per heavy atom. The summed E-state index contributed by atoms with van der Waals surface area (Å²) in [5, 5.41) is 4.90. The summed E-state index contributed by atoms with van der Waals surface area (Å²) in [5.41, 5.74) is -1.93. The third-order valence-corrected chi connectivity index (χ3v) is 5.53. The predicted octanol–water partition coefficient (Wildman–Crippen LogP) is 4.51. The normalized spacial score (nSPS) is 15.4. The van der Waals surface area contributed by atoms with Gasteiger partial charge in [-0.3, -0.25) is 14.4 Å². The third kappa shape index (κ3) is 4.74. The van der Waals surface area contributed by atoms with Gasteiger partial charge in [-0.05, 0) is 36.4 Å². The van der Waals surface area contributed by atoms with Crippen molar-refractivity contribution >= 4 is 35.0 Å². The van der Waals surface area contributed by atoms with E-state index < -0.39 is 52.6 Å². The van der Waals surface area contributed by atoms with E-state index in [2.05, 4.69) is 15.6 Å². The van der Waals surface area contributed by atoms with E-state index in [0.717, 1.165) is 19.1 Å². The highest BCUT2D eigenvalue weighted by atomic mass is 35.5. The summed E-state index contributed by atoms with van der Waals surface area (Å²) in [6.07, 6.45) is -4.91. The lowest BCUT2D eigenvalue weighted by molar-refractivity contribution is -0.137. The molecule has 1 unspecified atom stereocenters. The SMILES string of the molecule is CC(=O)c1nc(NC(=O)c2cc(F)cc(C(F)(F)F)c2)c2n1CC(=O)NC2c1cc(F)ccc1Cl. The fraction of sp³-hybridized carbons (Fsp3) is 0.182. The summed E-state index contributed by atoms with van der Waals surface area (Å²) >= 11 is 6.19. The number of hydrogen-bond donors (Lipinski definition) is 2. The minimum absolute atomic E-state index is 0.0306. The van der Waals surface area contributed by atoms with Gasteiger partial charge in [0.05, 0.1) is 17.3 Å². The molecule has 1 aliphatic rings. The molecule has 0 fully saturated rings. The summed E-state index contributed by atoms with van der Waals surface area (Å²) < 4.78 is 68.2. The van der Waals surface area contributed by atoms with Crippen LogP contribution in [-0.2, 0) is 17.5 Å². The Balaban J connectivity index is 1.83. The highest BCUT2D eigenvalue weighted by molar-refractivity contribution is 6.31. The van der Waals surface area contributed by atoms with Gasteiger partial charge in [-0.1, -0.05) is 11.6 Å². The van der Waals surface area contributed by atoms with Crippen LogP contribution in [0.1, 0.15) is 50.8 Å². The number of aromatic nitrogens is 2. The summed E-state index contributed by atoms with van der Waals surface area (Å²) in [5.74, 6) is -4.84. The largest absolute Gasteiger partial charge is 0.416 e. The quantitative estimate of drug-likeness (QED) is 0.397. The number of carbonyl (C=O) groups excluding carboxylic acids is 3. The number of nitrogens with one attached hydrogen (secondary N) is 2. The molecule has 7 nitrogen and oxygen atoms in total. The Bertz CT molecular complexity index is 1390. The second-order valence-electron chi connectivity index (χ2n) is 7.66. The zero-order valence-corrected chi connectivity index (χ0v) is 18.4. The van der Waals surface area contributed by atoms with Crippen LogP contribution in [0.4, 0.5) is 27.8 Å². The van der Waals surface area contributed by atoms with Crippen molar-refractivity contribution in [3.63, 3.8) is 0 Å². The van der Waals surface area contributed by atoms with Crippen molar-refractivity contribution in [1.29, 1.82) is 0 Å². The van der Waals surface area contributed by atoms with Crippen molar-refractivity contribution in [2.75, 3.05) is 5.32 Å². The van der Waals surface area contributed by atoms with E-state index in [9.17, 15) is 36.3 Å². The number of benzene rings is 2. The molecule has 2 amide bonds. The number of ketones is 1. The van der Waals surface area contributed by atoms with E-state index in [1.54, 1.807) is 0 Å². The minimum Gasteiger partial charge on any atom is -0.342 e. The van der Waals surface area contributed by atoms with Crippen molar-refractivity contribution in [3.8, 4) is 0 Å². The molecule has 0 radical (unpaired) electrons. The molecule has 4 rings (SSSR count). The number of nitrogens with zero attached hydrogens (tertiary/aromatic N) is 2. The van der Waals surface area contributed by atoms with Gasteiger partial charge >= 0.3 is 6.18 Å². The van der Waals surface area contributed by atoms with E-state index in [0.29, 0.717) is 12.1 Å². The number of hydrogen-bond acceptors (Lipinski definition) is 4. The Morgan fingerprint density at radius 2 is 1.86 bits per heavy atom. The lowest BCUT2D eigenvalue weighted by atomic mass is 10.0. The zero-order chi connectivity index (χ0) is 25.7. The predicted molar refractivity (Wildman–Crippen MR) is 113 cm³/mol. The summed E-state index contributed by atoms with van der Waals surface area (Å²) in [7, 11) is 0. The Kier molecular flexibility index (Phi) is 6.09. The fourth-order valence-corrected chi connectivity index (χ4v) is 3.95. The molecule has 0 spiro atoms. The van der Waals surface area contributed by atoms with Gasteiger partial charge in [0, 0.05) is 23.1 Å². The highest BCUT2D eigenvalue weighted by Gasteiger charge is 2.36. The Morgan fingerprint density at radius 3 is 2.51 bits per heavy atom. The summed E-state index contributed by atoms with van der Waals surface area (Å²) in [4.78, 5) is 41.4. The van der Waals surface area contributed by atoms with Crippen LogP contribution in [0, 0.1) is 11.6 Å². The highest BCUT2D eigenvalue weighted by Crippen LogP contribution is 2.36. The van der Waals surface area contributed by atoms with E-state index in [1.807, 2.05) is 0 Å². The van der Waals surface area contributed by atoms with Crippen LogP contribution in [0.5, 0.6) is 0 Å². The number of fused-ring (bicyclic) bond motifs is 1. The van der Waals surface area contributed by atoms with Gasteiger partial charge < -0.3 is 15.2 Å². The molecule has 1 aromatic heterocycles. The molecule has 0 saturated heterocycles. The van der Waals surface area contributed by atoms with Gasteiger partial charge in [0.1, 0.15) is 18.2 Å². The number of amides is 2. The first-order valence-corrected chi connectivity index (χ1v) is 10.3.